The van der Waals surface area contributed by atoms with E-state index in [1.54, 1.807) is 13.8 Å². The molecule has 4 aliphatic rings. The van der Waals surface area contributed by atoms with Crippen LogP contribution in [0.2, 0.25) is 0 Å². The molecule has 1 aromatic rings. The normalized spacial score (nSPS) is 26.7. The second kappa shape index (κ2) is 20.6. The zero-order chi connectivity index (χ0) is 50.0. The van der Waals surface area contributed by atoms with E-state index in [0.717, 1.165) is 41.5 Å². The van der Waals surface area contributed by atoms with Crippen LogP contribution in [0.4, 0.5) is 35.1 Å². The maximum atomic E-state index is 15.1. The number of nitrogens with zero attached hydrogens (tertiary/aromatic N) is 3. The maximum absolute atomic E-state index is 15.1. The molecule has 15 nitrogen and oxygen atoms in total. The summed E-state index contributed by atoms with van der Waals surface area (Å²) in [6, 6.07) is -5.56. The van der Waals surface area contributed by atoms with Crippen molar-refractivity contribution in [3.8, 4) is 0 Å². The first-order chi connectivity index (χ1) is 31.1. The summed E-state index contributed by atoms with van der Waals surface area (Å²) in [5, 5.41) is 20.1. The minimum absolute atomic E-state index is 0.0231. The average molecular weight is 966 g/mol. The Hall–Kier alpha value is -5.09. The van der Waals surface area contributed by atoms with Crippen LogP contribution in [-0.2, 0) is 40.0 Å². The van der Waals surface area contributed by atoms with Gasteiger partial charge in [-0.3, -0.25) is 33.6 Å². The lowest BCUT2D eigenvalue weighted by Gasteiger charge is -2.47. The number of hydrogen-bond acceptors (Lipinski definition) is 8. The topological polar surface area (TPSA) is 198 Å². The number of halogens is 8. The minimum Gasteiger partial charge on any atom is -0.373 e. The Bertz CT molecular complexity index is 2050. The number of alkyl halides is 6. The van der Waals surface area contributed by atoms with Gasteiger partial charge in [0.25, 0.3) is 11.8 Å². The predicted octanol–water partition coefficient (Wildman–Crippen LogP) is 3.20. The zero-order valence-corrected chi connectivity index (χ0v) is 37.9. The highest BCUT2D eigenvalue weighted by atomic mass is 19.4. The third-order valence-electron chi connectivity index (χ3n) is 13.3. The number of likely N-dealkylation sites (N-methyl/N-ethyl adjacent to an activating group) is 2. The first kappa shape index (κ1) is 52.9. The SMILES string of the molecule is CC(C)C[C@@H]1NC(=O)[C@@H](N(C)C(=O)[C@H](CC2CCC2)NC(=O)[C@@H]2C[C@@H](F)CN2C(=O)[C@@](C)(O)C(F)(F)F)CCCCNC(=O)C2(CC(F)(F)C2)NC(=O)[C@H](Cc2cc(F)ccc2F)N(C)C1=O. The van der Waals surface area contributed by atoms with E-state index in [1.165, 1.54) is 7.05 Å². The van der Waals surface area contributed by atoms with Crippen LogP contribution >= 0.6 is 0 Å². The molecule has 2 aliphatic heterocycles. The van der Waals surface area contributed by atoms with E-state index in [1.807, 2.05) is 0 Å². The summed E-state index contributed by atoms with van der Waals surface area (Å²) in [6.07, 6.45) is -9.09. The van der Waals surface area contributed by atoms with Crippen LogP contribution < -0.4 is 21.3 Å². The number of rotatable bonds is 11. The van der Waals surface area contributed by atoms with E-state index in [2.05, 4.69) is 21.3 Å². The van der Waals surface area contributed by atoms with Gasteiger partial charge < -0.3 is 41.1 Å². The highest BCUT2D eigenvalue weighted by Gasteiger charge is 2.62. The van der Waals surface area contributed by atoms with Gasteiger partial charge in [-0.15, -0.1) is 0 Å². The Kier molecular flexibility index (Phi) is 16.3. The molecule has 4 fully saturated rings. The standard InChI is InChI=1S/C44H59F8N7O8/c1-23(2)15-29-37(63)58(5)32(18-25-17-26(45)12-13-28(25)47)36(62)56-42(21-43(48,49)22-42)39(65)53-14-7-6-11-31(34(60)54-29)57(4)38(64)30(16-24-9-8-10-24)55-35(61)33-19-27(46)20-59(33)40(66)41(3,67)44(50,51)52/h12-13,17,23-24,27,29-33,67H,6-11,14-16,18-22H2,1-5H3,(H,53,65)(H,54,60)(H,55,61)(H,56,62)/t27-,29+,30+,31+,32+,33+,41-/m1/s1. The molecule has 2 aliphatic carbocycles. The fourth-order valence-corrected chi connectivity index (χ4v) is 9.07. The molecule has 0 bridgehead atoms. The van der Waals surface area contributed by atoms with Gasteiger partial charge in [-0.25, -0.2) is 22.0 Å². The first-order valence-electron chi connectivity index (χ1n) is 22.4. The van der Waals surface area contributed by atoms with E-state index < -0.39 is 145 Å². The van der Waals surface area contributed by atoms with Gasteiger partial charge >= 0.3 is 6.18 Å². The molecule has 2 saturated carbocycles. The Balaban J connectivity index is 1.47. The number of amides is 7. The quantitative estimate of drug-likeness (QED) is 0.209. The summed E-state index contributed by atoms with van der Waals surface area (Å²) in [5.74, 6) is -13.6. The van der Waals surface area contributed by atoms with E-state index in [4.69, 9.17) is 0 Å². The smallest absolute Gasteiger partial charge is 0.373 e. The van der Waals surface area contributed by atoms with Crippen molar-refractivity contribution in [2.75, 3.05) is 27.2 Å². The number of carbonyl (C=O) groups excluding carboxylic acids is 7. The molecule has 1 aromatic carbocycles. The van der Waals surface area contributed by atoms with Gasteiger partial charge in [-0.1, -0.05) is 33.1 Å². The zero-order valence-electron chi connectivity index (χ0n) is 37.9. The van der Waals surface area contributed by atoms with E-state index in [0.29, 0.717) is 12.8 Å². The molecule has 0 unspecified atom stereocenters. The van der Waals surface area contributed by atoms with E-state index >= 15 is 4.39 Å². The van der Waals surface area contributed by atoms with Crippen molar-refractivity contribution in [2.45, 2.75) is 157 Å². The molecule has 0 radical (unpaired) electrons. The molecule has 23 heteroatoms. The predicted molar refractivity (Wildman–Crippen MR) is 222 cm³/mol. The summed E-state index contributed by atoms with van der Waals surface area (Å²) in [4.78, 5) is 100. The molecule has 1 spiro atoms. The second-order valence-electron chi connectivity index (χ2n) is 19.1. The van der Waals surface area contributed by atoms with Crippen molar-refractivity contribution >= 4 is 41.4 Å². The Morgan fingerprint density at radius 3 is 2.22 bits per heavy atom. The molecular weight excluding hydrogens is 907 g/mol. The Labute approximate surface area is 382 Å². The fraction of sp³-hybridized carbons (Fsp3) is 0.705. The van der Waals surface area contributed by atoms with Crippen molar-refractivity contribution in [1.29, 1.82) is 0 Å². The monoisotopic (exact) mass is 965 g/mol. The summed E-state index contributed by atoms with van der Waals surface area (Å²) in [6.45, 7) is 2.49. The molecule has 374 valence electrons. The third kappa shape index (κ3) is 12.1. The lowest BCUT2D eigenvalue weighted by atomic mass is 9.72. The highest BCUT2D eigenvalue weighted by Crippen LogP contribution is 2.46. The van der Waals surface area contributed by atoms with Crippen molar-refractivity contribution in [3.63, 3.8) is 0 Å². The summed E-state index contributed by atoms with van der Waals surface area (Å²) in [7, 11) is 2.36. The van der Waals surface area contributed by atoms with Crippen molar-refractivity contribution in [1.82, 2.24) is 36.0 Å². The van der Waals surface area contributed by atoms with Gasteiger partial charge in [0.15, 0.2) is 0 Å². The summed E-state index contributed by atoms with van der Waals surface area (Å²) in [5.41, 5.74) is -6.49. The fourth-order valence-electron chi connectivity index (χ4n) is 9.07. The van der Waals surface area contributed by atoms with Crippen LogP contribution in [0.25, 0.3) is 0 Å². The summed E-state index contributed by atoms with van der Waals surface area (Å²) >= 11 is 0. The van der Waals surface area contributed by atoms with Gasteiger partial charge in [-0.05, 0) is 74.6 Å². The van der Waals surface area contributed by atoms with Gasteiger partial charge in [0.1, 0.15) is 53.6 Å². The van der Waals surface area contributed by atoms with Crippen LogP contribution in [0, 0.1) is 23.5 Å². The number of aliphatic hydroxyl groups is 1. The lowest BCUT2D eigenvalue weighted by molar-refractivity contribution is -0.250. The number of hydrogen-bond donors (Lipinski definition) is 5. The third-order valence-corrected chi connectivity index (χ3v) is 13.3. The van der Waals surface area contributed by atoms with Crippen molar-refractivity contribution < 1.29 is 73.8 Å². The molecular formula is C44H59F8N7O8. The van der Waals surface area contributed by atoms with Crippen LogP contribution in [0.3, 0.4) is 0 Å². The van der Waals surface area contributed by atoms with Crippen LogP contribution in [-0.4, -0.2) is 148 Å². The van der Waals surface area contributed by atoms with Gasteiger partial charge in [-0.2, -0.15) is 13.2 Å². The Morgan fingerprint density at radius 1 is 0.985 bits per heavy atom. The number of nitrogens with one attached hydrogen (secondary N) is 4. The number of likely N-dealkylation sites (tertiary alicyclic amines) is 1. The molecule has 67 heavy (non-hydrogen) atoms. The van der Waals surface area contributed by atoms with Crippen molar-refractivity contribution in [3.05, 3.63) is 35.4 Å². The summed E-state index contributed by atoms with van der Waals surface area (Å²) < 4.78 is 114. The Morgan fingerprint density at radius 2 is 1.64 bits per heavy atom. The van der Waals surface area contributed by atoms with E-state index in [-0.39, 0.29) is 67.9 Å². The molecule has 7 amide bonds. The molecule has 5 rings (SSSR count). The van der Waals surface area contributed by atoms with Crippen LogP contribution in [0.15, 0.2) is 18.2 Å². The van der Waals surface area contributed by atoms with E-state index in [9.17, 15) is 69.4 Å². The minimum atomic E-state index is -5.48. The number of carbonyl (C=O) groups is 7. The molecule has 0 aromatic heterocycles. The van der Waals surface area contributed by atoms with Gasteiger partial charge in [0.2, 0.25) is 41.0 Å². The molecule has 2 saturated heterocycles. The maximum Gasteiger partial charge on any atom is 0.426 e. The van der Waals surface area contributed by atoms with Gasteiger partial charge in [0.05, 0.1) is 6.54 Å². The average Bonchev–Trinajstić information content (AvgIpc) is 3.60. The first-order valence-corrected chi connectivity index (χ1v) is 22.4. The molecule has 5 N–H and O–H groups in total. The second-order valence-corrected chi connectivity index (χ2v) is 19.1. The van der Waals surface area contributed by atoms with Crippen LogP contribution in [0.1, 0.15) is 97.0 Å². The number of benzene rings is 1. The van der Waals surface area contributed by atoms with Crippen molar-refractivity contribution in [2.24, 2.45) is 11.8 Å². The lowest BCUT2D eigenvalue weighted by Crippen LogP contribution is -2.71. The molecule has 7 atom stereocenters. The van der Waals surface area contributed by atoms with Crippen LogP contribution in [0.5, 0.6) is 0 Å². The highest BCUT2D eigenvalue weighted by molar-refractivity contribution is 5.98. The molecule has 2 heterocycles. The van der Waals surface area contributed by atoms with Gasteiger partial charge in [0, 0.05) is 46.3 Å². The largest absolute Gasteiger partial charge is 0.426 e.